The summed E-state index contributed by atoms with van der Waals surface area (Å²) in [6, 6.07) is 6.29. The number of carbonyl (C=O) groups excluding carboxylic acids is 1. The van der Waals surface area contributed by atoms with Gasteiger partial charge in [0, 0.05) is 27.9 Å². The van der Waals surface area contributed by atoms with E-state index in [0.29, 0.717) is 5.56 Å². The van der Waals surface area contributed by atoms with Crippen molar-refractivity contribution in [3.05, 3.63) is 41.5 Å². The van der Waals surface area contributed by atoms with Gasteiger partial charge < -0.3 is 0 Å². The minimum atomic E-state index is -3.98. The monoisotopic (exact) mass is 255 g/mol. The second kappa shape index (κ2) is 3.54. The Labute approximate surface area is 96.5 Å². The van der Waals surface area contributed by atoms with Gasteiger partial charge in [0.1, 0.15) is 5.71 Å². The third kappa shape index (κ3) is 1.68. The van der Waals surface area contributed by atoms with E-state index in [4.69, 9.17) is 16.1 Å². The van der Waals surface area contributed by atoms with Crippen LogP contribution in [0.3, 0.4) is 0 Å². The SMILES string of the molecule is N=C1C(=O)C=C(S(=O)(=O)Cl)c2ccccc21. The summed E-state index contributed by atoms with van der Waals surface area (Å²) in [4.78, 5) is 11.1. The number of hydrogen-bond donors (Lipinski definition) is 1. The Morgan fingerprint density at radius 3 is 2.25 bits per heavy atom. The second-order valence-corrected chi connectivity index (χ2v) is 5.77. The average Bonchev–Trinajstić information content (AvgIpc) is 2.22. The van der Waals surface area contributed by atoms with Crippen molar-refractivity contribution in [1.29, 1.82) is 5.41 Å². The van der Waals surface area contributed by atoms with E-state index < -0.39 is 14.8 Å². The Balaban J connectivity index is 2.80. The van der Waals surface area contributed by atoms with Gasteiger partial charge in [-0.3, -0.25) is 10.2 Å². The minimum absolute atomic E-state index is 0.223. The molecule has 0 unspecified atom stereocenters. The van der Waals surface area contributed by atoms with Crippen molar-refractivity contribution in [1.82, 2.24) is 0 Å². The van der Waals surface area contributed by atoms with Crippen LogP contribution in [0.1, 0.15) is 11.1 Å². The number of hydrogen-bond acceptors (Lipinski definition) is 4. The smallest absolute Gasteiger partial charge is 0.262 e. The van der Waals surface area contributed by atoms with Crippen molar-refractivity contribution in [2.45, 2.75) is 0 Å². The normalized spacial score (nSPS) is 15.7. The van der Waals surface area contributed by atoms with E-state index in [1.54, 1.807) is 12.1 Å². The molecule has 2 rings (SSSR count). The molecule has 0 aromatic heterocycles. The molecule has 0 amide bonds. The number of nitrogens with one attached hydrogen (secondary N) is 1. The van der Waals surface area contributed by atoms with E-state index in [-0.39, 0.29) is 16.2 Å². The van der Waals surface area contributed by atoms with Gasteiger partial charge >= 0.3 is 0 Å². The highest BCUT2D eigenvalue weighted by atomic mass is 35.7. The number of fused-ring (bicyclic) bond motifs is 1. The standard InChI is InChI=1S/C10H6ClNO3S/c11-16(14,15)9-5-8(13)10(12)7-4-2-1-3-6(7)9/h1-5,12H. The van der Waals surface area contributed by atoms with Gasteiger partial charge in [-0.1, -0.05) is 24.3 Å². The molecule has 0 spiro atoms. The highest BCUT2D eigenvalue weighted by molar-refractivity contribution is 8.21. The number of allylic oxidation sites excluding steroid dienone is 1. The lowest BCUT2D eigenvalue weighted by molar-refractivity contribution is -0.108. The summed E-state index contributed by atoms with van der Waals surface area (Å²) in [5.41, 5.74) is 0.357. The molecule has 1 aliphatic rings. The summed E-state index contributed by atoms with van der Waals surface area (Å²) < 4.78 is 22.6. The molecule has 0 saturated heterocycles. The van der Waals surface area contributed by atoms with E-state index in [1.807, 2.05) is 0 Å². The Hall–Kier alpha value is -1.46. The first kappa shape index (κ1) is 11.0. The second-order valence-electron chi connectivity index (χ2n) is 3.23. The van der Waals surface area contributed by atoms with Crippen LogP contribution in [0.2, 0.25) is 0 Å². The highest BCUT2D eigenvalue weighted by Crippen LogP contribution is 2.30. The van der Waals surface area contributed by atoms with E-state index in [2.05, 4.69) is 0 Å². The lowest BCUT2D eigenvalue weighted by Gasteiger charge is -2.14. The van der Waals surface area contributed by atoms with Crippen LogP contribution in [-0.4, -0.2) is 19.9 Å². The van der Waals surface area contributed by atoms with Crippen molar-refractivity contribution in [3.8, 4) is 0 Å². The molecule has 1 aromatic carbocycles. The van der Waals surface area contributed by atoms with Crippen LogP contribution in [0.25, 0.3) is 4.91 Å². The zero-order valence-electron chi connectivity index (χ0n) is 7.90. The lowest BCUT2D eigenvalue weighted by atomic mass is 9.95. The number of ketones is 1. The van der Waals surface area contributed by atoms with Crippen molar-refractivity contribution < 1.29 is 13.2 Å². The van der Waals surface area contributed by atoms with Crippen LogP contribution in [0.4, 0.5) is 0 Å². The molecule has 4 nitrogen and oxygen atoms in total. The Morgan fingerprint density at radius 2 is 1.69 bits per heavy atom. The first-order valence-corrected chi connectivity index (χ1v) is 6.61. The summed E-state index contributed by atoms with van der Waals surface area (Å²) in [5.74, 6) is -0.655. The highest BCUT2D eigenvalue weighted by Gasteiger charge is 2.28. The van der Waals surface area contributed by atoms with Crippen LogP contribution >= 0.6 is 10.7 Å². The van der Waals surface area contributed by atoms with Crippen molar-refractivity contribution in [3.63, 3.8) is 0 Å². The maximum absolute atomic E-state index is 11.4. The van der Waals surface area contributed by atoms with Gasteiger partial charge in [-0.15, -0.1) is 0 Å². The average molecular weight is 256 g/mol. The quantitative estimate of drug-likeness (QED) is 0.774. The van der Waals surface area contributed by atoms with Crippen LogP contribution < -0.4 is 0 Å². The molecule has 0 saturated carbocycles. The first-order valence-electron chi connectivity index (χ1n) is 4.30. The Kier molecular flexibility index (Phi) is 2.44. The maximum atomic E-state index is 11.4. The van der Waals surface area contributed by atoms with E-state index in [0.717, 1.165) is 6.08 Å². The van der Waals surface area contributed by atoms with Crippen LogP contribution in [0.5, 0.6) is 0 Å². The zero-order valence-corrected chi connectivity index (χ0v) is 9.47. The molecule has 0 bridgehead atoms. The van der Waals surface area contributed by atoms with Gasteiger partial charge in [0.25, 0.3) is 9.05 Å². The maximum Gasteiger partial charge on any atom is 0.262 e. The number of carbonyl (C=O) groups is 1. The van der Waals surface area contributed by atoms with Crippen LogP contribution in [-0.2, 0) is 13.8 Å². The molecule has 0 radical (unpaired) electrons. The topological polar surface area (TPSA) is 75.1 Å². The molecule has 6 heteroatoms. The van der Waals surface area contributed by atoms with Gasteiger partial charge in [0.05, 0.1) is 4.91 Å². The third-order valence-corrected chi connectivity index (χ3v) is 3.59. The van der Waals surface area contributed by atoms with E-state index in [1.165, 1.54) is 12.1 Å². The first-order chi connectivity index (χ1) is 7.41. The van der Waals surface area contributed by atoms with Crippen LogP contribution in [0, 0.1) is 5.41 Å². The molecule has 1 aliphatic carbocycles. The van der Waals surface area contributed by atoms with Crippen molar-refractivity contribution >= 4 is 36.1 Å². The van der Waals surface area contributed by atoms with Crippen LogP contribution in [0.15, 0.2) is 30.3 Å². The van der Waals surface area contributed by atoms with Gasteiger partial charge in [-0.05, 0) is 0 Å². The van der Waals surface area contributed by atoms with Crippen molar-refractivity contribution in [2.24, 2.45) is 0 Å². The van der Waals surface area contributed by atoms with Crippen molar-refractivity contribution in [2.75, 3.05) is 0 Å². The molecule has 1 aromatic rings. The van der Waals surface area contributed by atoms with E-state index >= 15 is 0 Å². The van der Waals surface area contributed by atoms with E-state index in [9.17, 15) is 13.2 Å². The fourth-order valence-corrected chi connectivity index (χ4v) is 2.59. The fourth-order valence-electron chi connectivity index (χ4n) is 1.52. The Bertz CT molecular complexity index is 631. The summed E-state index contributed by atoms with van der Waals surface area (Å²) in [6.45, 7) is 0. The summed E-state index contributed by atoms with van der Waals surface area (Å²) >= 11 is 0. The molecule has 16 heavy (non-hydrogen) atoms. The summed E-state index contributed by atoms with van der Waals surface area (Å²) in [5, 5.41) is 7.54. The molecule has 0 heterocycles. The molecular formula is C10H6ClNO3S. The predicted octanol–water partition coefficient (Wildman–Crippen LogP) is 1.55. The minimum Gasteiger partial charge on any atom is -0.296 e. The van der Waals surface area contributed by atoms with Gasteiger partial charge in [-0.2, -0.15) is 0 Å². The molecule has 0 aliphatic heterocycles. The van der Waals surface area contributed by atoms with Gasteiger partial charge in [0.2, 0.25) is 5.78 Å². The van der Waals surface area contributed by atoms with Gasteiger partial charge in [0.15, 0.2) is 0 Å². The fraction of sp³-hybridized carbons (Fsp3) is 0. The lowest BCUT2D eigenvalue weighted by Crippen LogP contribution is -2.20. The Morgan fingerprint density at radius 1 is 1.12 bits per heavy atom. The molecule has 0 fully saturated rings. The molecule has 82 valence electrons. The number of benzene rings is 1. The number of rotatable bonds is 1. The summed E-state index contributed by atoms with van der Waals surface area (Å²) in [6.07, 6.45) is 0.882. The molecular weight excluding hydrogens is 250 g/mol. The third-order valence-electron chi connectivity index (χ3n) is 2.23. The number of halogens is 1. The predicted molar refractivity (Wildman–Crippen MR) is 61.0 cm³/mol. The summed E-state index contributed by atoms with van der Waals surface area (Å²) in [7, 11) is 1.25. The zero-order chi connectivity index (χ0) is 11.9. The largest absolute Gasteiger partial charge is 0.296 e. The molecule has 0 atom stereocenters. The van der Waals surface area contributed by atoms with Gasteiger partial charge in [-0.25, -0.2) is 8.42 Å². The molecule has 1 N–H and O–H groups in total.